The molecule has 1 aliphatic rings. The number of furan rings is 1. The van der Waals surface area contributed by atoms with Crippen molar-refractivity contribution in [3.63, 3.8) is 0 Å². The summed E-state index contributed by atoms with van der Waals surface area (Å²) in [5.41, 5.74) is 7.15. The molecule has 0 unspecified atom stereocenters. The second kappa shape index (κ2) is 11.9. The summed E-state index contributed by atoms with van der Waals surface area (Å²) in [5.74, 6) is 0.806. The van der Waals surface area contributed by atoms with E-state index in [0.29, 0.717) is 47.1 Å². The van der Waals surface area contributed by atoms with Crippen LogP contribution in [0.4, 0.5) is 5.69 Å². The van der Waals surface area contributed by atoms with E-state index in [4.69, 9.17) is 13.9 Å². The molecule has 2 N–H and O–H groups in total. The van der Waals surface area contributed by atoms with Crippen LogP contribution in [-0.4, -0.2) is 31.7 Å². The van der Waals surface area contributed by atoms with E-state index in [2.05, 4.69) is 15.8 Å². The molecule has 0 fully saturated rings. The first kappa shape index (κ1) is 26.7. The lowest BCUT2D eigenvalue weighted by Crippen LogP contribution is -2.28. The van der Waals surface area contributed by atoms with E-state index >= 15 is 0 Å². The highest BCUT2D eigenvalue weighted by Crippen LogP contribution is 2.33. The summed E-state index contributed by atoms with van der Waals surface area (Å²) in [7, 11) is 3.09. The van der Waals surface area contributed by atoms with Crippen molar-refractivity contribution in [2.45, 2.75) is 32.1 Å². The molecule has 40 heavy (non-hydrogen) atoms. The first-order chi connectivity index (χ1) is 19.5. The fourth-order valence-electron chi connectivity index (χ4n) is 5.06. The zero-order chi connectivity index (χ0) is 28.1. The van der Waals surface area contributed by atoms with E-state index in [1.54, 1.807) is 25.3 Å². The minimum atomic E-state index is -0.514. The summed E-state index contributed by atoms with van der Waals surface area (Å²) < 4.78 is 16.7. The molecule has 3 aromatic carbocycles. The van der Waals surface area contributed by atoms with Gasteiger partial charge in [-0.15, -0.1) is 0 Å². The quantitative estimate of drug-likeness (QED) is 0.275. The smallest absolute Gasteiger partial charge is 0.291 e. The van der Waals surface area contributed by atoms with E-state index in [1.807, 2.05) is 67.6 Å². The van der Waals surface area contributed by atoms with Crippen molar-refractivity contribution < 1.29 is 23.5 Å². The zero-order valence-corrected chi connectivity index (χ0v) is 22.7. The maximum Gasteiger partial charge on any atom is 0.291 e. The number of nitrogens with zero attached hydrogens (tertiary/aromatic N) is 1. The van der Waals surface area contributed by atoms with Gasteiger partial charge in [-0.3, -0.25) is 9.59 Å². The average Bonchev–Trinajstić information content (AvgIpc) is 3.34. The summed E-state index contributed by atoms with van der Waals surface area (Å²) in [6.45, 7) is 1.83. The van der Waals surface area contributed by atoms with Crippen molar-refractivity contribution in [1.29, 1.82) is 0 Å². The Bertz CT molecular complexity index is 1500. The second-order valence-corrected chi connectivity index (χ2v) is 9.52. The number of ether oxygens (including phenoxy) is 2. The minimum Gasteiger partial charge on any atom is -0.497 e. The molecule has 0 aliphatic heterocycles. The largest absolute Gasteiger partial charge is 0.497 e. The van der Waals surface area contributed by atoms with Crippen molar-refractivity contribution in [3.8, 4) is 11.5 Å². The van der Waals surface area contributed by atoms with Gasteiger partial charge in [0.25, 0.3) is 11.8 Å². The Balaban J connectivity index is 1.41. The number of hydrogen-bond acceptors (Lipinski definition) is 6. The molecule has 0 spiro atoms. The highest BCUT2D eigenvalue weighted by atomic mass is 16.5. The number of carbonyl (C=O) groups excluding carboxylic acids is 2. The Labute approximate surface area is 233 Å². The van der Waals surface area contributed by atoms with Gasteiger partial charge < -0.3 is 19.2 Å². The molecule has 0 radical (unpaired) electrons. The van der Waals surface area contributed by atoms with Crippen molar-refractivity contribution in [2.75, 3.05) is 19.5 Å². The van der Waals surface area contributed by atoms with Gasteiger partial charge in [-0.2, -0.15) is 5.10 Å². The van der Waals surface area contributed by atoms with Gasteiger partial charge in [0, 0.05) is 23.6 Å². The van der Waals surface area contributed by atoms with Crippen molar-refractivity contribution >= 4 is 23.2 Å². The van der Waals surface area contributed by atoms with Crippen LogP contribution in [0.5, 0.6) is 11.5 Å². The lowest BCUT2D eigenvalue weighted by Gasteiger charge is -2.18. The van der Waals surface area contributed by atoms with Gasteiger partial charge >= 0.3 is 0 Å². The van der Waals surface area contributed by atoms with E-state index < -0.39 is 11.8 Å². The fraction of sp³-hybridized carbons (Fsp3) is 0.219. The number of benzene rings is 3. The summed E-state index contributed by atoms with van der Waals surface area (Å²) in [6, 6.07) is 24.4. The molecular weight excluding hydrogens is 506 g/mol. The maximum atomic E-state index is 13.5. The van der Waals surface area contributed by atoms with Crippen LogP contribution in [-0.2, 0) is 11.2 Å². The van der Waals surface area contributed by atoms with Gasteiger partial charge in [0.2, 0.25) is 0 Å². The normalized spacial score (nSPS) is 13.6. The summed E-state index contributed by atoms with van der Waals surface area (Å²) in [6.07, 6.45) is 2.12. The molecule has 8 heteroatoms. The maximum absolute atomic E-state index is 13.5. The predicted octanol–water partition coefficient (Wildman–Crippen LogP) is 5.85. The number of carbonyl (C=O) groups is 2. The lowest BCUT2D eigenvalue weighted by atomic mass is 9.90. The molecule has 2 amide bonds. The number of anilines is 1. The standard InChI is InChI=1S/C32H31N3O5/c1-20-28-24(34-35-31(36)29(21-11-6-4-7-12-21)22-13-8-5-9-14-22)15-10-16-27(28)40-30(20)32(37)33-25-19-23(38-2)17-18-26(25)39-3/h4-9,11-14,17-19,29H,10,15-16H2,1-3H3,(H,33,37)(H,35,36)/b34-24+. The van der Waals surface area contributed by atoms with Crippen LogP contribution in [0.2, 0.25) is 0 Å². The summed E-state index contributed by atoms with van der Waals surface area (Å²) in [4.78, 5) is 26.8. The van der Waals surface area contributed by atoms with Crippen LogP contribution in [0.1, 0.15) is 57.3 Å². The van der Waals surface area contributed by atoms with Gasteiger partial charge in [-0.05, 0) is 43.0 Å². The number of amides is 2. The van der Waals surface area contributed by atoms with Gasteiger partial charge in [-0.1, -0.05) is 60.7 Å². The Morgan fingerprint density at radius 1 is 0.900 bits per heavy atom. The molecule has 0 bridgehead atoms. The third kappa shape index (κ3) is 5.47. The summed E-state index contributed by atoms with van der Waals surface area (Å²) in [5, 5.41) is 7.42. The van der Waals surface area contributed by atoms with Crippen LogP contribution < -0.4 is 20.2 Å². The third-order valence-electron chi connectivity index (χ3n) is 7.02. The monoisotopic (exact) mass is 537 g/mol. The number of nitrogens with one attached hydrogen (secondary N) is 2. The first-order valence-corrected chi connectivity index (χ1v) is 13.1. The number of hydrogen-bond donors (Lipinski definition) is 2. The number of methoxy groups -OCH3 is 2. The average molecular weight is 538 g/mol. The van der Waals surface area contributed by atoms with Crippen molar-refractivity contribution in [3.05, 3.63) is 113 Å². The van der Waals surface area contributed by atoms with E-state index in [9.17, 15) is 9.59 Å². The molecule has 1 aliphatic carbocycles. The van der Waals surface area contributed by atoms with E-state index in [0.717, 1.165) is 23.1 Å². The SMILES string of the molecule is COc1ccc(OC)c(NC(=O)c2oc3c(c2C)/C(=N/NC(=O)C(c2ccccc2)c2ccccc2)CCC3)c1. The Morgan fingerprint density at radius 3 is 2.20 bits per heavy atom. The Hall–Kier alpha value is -4.85. The Morgan fingerprint density at radius 2 is 1.57 bits per heavy atom. The van der Waals surface area contributed by atoms with Gasteiger partial charge in [0.15, 0.2) is 5.76 Å². The topological polar surface area (TPSA) is 102 Å². The molecule has 1 aromatic heterocycles. The summed E-state index contributed by atoms with van der Waals surface area (Å²) >= 11 is 0. The highest BCUT2D eigenvalue weighted by molar-refractivity contribution is 6.09. The van der Waals surface area contributed by atoms with Crippen LogP contribution in [0, 0.1) is 6.92 Å². The van der Waals surface area contributed by atoms with Crippen molar-refractivity contribution in [2.24, 2.45) is 5.10 Å². The lowest BCUT2D eigenvalue weighted by molar-refractivity contribution is -0.121. The molecule has 0 saturated heterocycles. The predicted molar refractivity (Wildman–Crippen MR) is 153 cm³/mol. The zero-order valence-electron chi connectivity index (χ0n) is 22.7. The molecule has 0 atom stereocenters. The molecule has 4 aromatic rings. The first-order valence-electron chi connectivity index (χ1n) is 13.1. The van der Waals surface area contributed by atoms with Gasteiger partial charge in [0.1, 0.15) is 17.3 Å². The van der Waals surface area contributed by atoms with E-state index in [1.165, 1.54) is 7.11 Å². The third-order valence-corrected chi connectivity index (χ3v) is 7.02. The minimum absolute atomic E-state index is 0.197. The molecule has 5 rings (SSSR count). The van der Waals surface area contributed by atoms with Gasteiger partial charge in [-0.25, -0.2) is 5.43 Å². The molecule has 8 nitrogen and oxygen atoms in total. The number of fused-ring (bicyclic) bond motifs is 1. The molecule has 1 heterocycles. The molecule has 0 saturated carbocycles. The number of hydrazone groups is 1. The van der Waals surface area contributed by atoms with Gasteiger partial charge in [0.05, 0.1) is 31.5 Å². The molecular formula is C32H31N3O5. The Kier molecular flexibility index (Phi) is 7.96. The molecule has 204 valence electrons. The van der Waals surface area contributed by atoms with E-state index in [-0.39, 0.29) is 11.7 Å². The second-order valence-electron chi connectivity index (χ2n) is 9.52. The van der Waals surface area contributed by atoms with Crippen LogP contribution in [0.25, 0.3) is 0 Å². The van der Waals surface area contributed by atoms with Crippen molar-refractivity contribution in [1.82, 2.24) is 5.43 Å². The number of rotatable bonds is 8. The van der Waals surface area contributed by atoms with Crippen LogP contribution >= 0.6 is 0 Å². The van der Waals surface area contributed by atoms with Crippen LogP contribution in [0.3, 0.4) is 0 Å². The highest BCUT2D eigenvalue weighted by Gasteiger charge is 2.29. The number of aryl methyl sites for hydroxylation is 1. The van der Waals surface area contributed by atoms with Crippen LogP contribution in [0.15, 0.2) is 88.4 Å². The fourth-order valence-corrected chi connectivity index (χ4v) is 5.06.